The molecule has 2 aliphatic heterocycles. The number of methoxy groups -OCH3 is 3. The second kappa shape index (κ2) is 9.55. The average Bonchev–Trinajstić information content (AvgIpc) is 3.33. The fraction of sp³-hybridized carbons (Fsp3) is 0.435. The molecule has 31 heavy (non-hydrogen) atoms. The zero-order valence-corrected chi connectivity index (χ0v) is 18.3. The van der Waals surface area contributed by atoms with Crippen molar-refractivity contribution in [1.82, 2.24) is 20.7 Å². The van der Waals surface area contributed by atoms with E-state index in [1.165, 1.54) is 5.56 Å². The average molecular weight is 427 g/mol. The number of benzene rings is 2. The molecular formula is C23H30N4O4. The maximum Gasteiger partial charge on any atom is 0.254 e. The highest BCUT2D eigenvalue weighted by atomic mass is 16.5. The van der Waals surface area contributed by atoms with Gasteiger partial charge in [-0.15, -0.1) is 0 Å². The Balaban J connectivity index is 1.32. The predicted octanol–water partition coefficient (Wildman–Crippen LogP) is 2.04. The van der Waals surface area contributed by atoms with Crippen molar-refractivity contribution in [3.8, 4) is 17.2 Å². The van der Waals surface area contributed by atoms with E-state index in [0.717, 1.165) is 25.3 Å². The van der Waals surface area contributed by atoms with Crippen molar-refractivity contribution >= 4 is 5.91 Å². The van der Waals surface area contributed by atoms with Crippen molar-refractivity contribution < 1.29 is 19.0 Å². The van der Waals surface area contributed by atoms with Crippen molar-refractivity contribution in [2.75, 3.05) is 47.5 Å². The topological polar surface area (TPSA) is 75.3 Å². The number of nitrogens with one attached hydrogen (secondary N) is 2. The van der Waals surface area contributed by atoms with Crippen molar-refractivity contribution in [2.45, 2.75) is 18.6 Å². The molecule has 2 saturated heterocycles. The summed E-state index contributed by atoms with van der Waals surface area (Å²) in [5.41, 5.74) is 8.67. The molecule has 2 heterocycles. The molecule has 0 saturated carbocycles. The number of amides is 1. The highest BCUT2D eigenvalue weighted by Crippen LogP contribution is 2.29. The molecule has 4 rings (SSSR count). The molecule has 0 spiro atoms. The molecule has 0 radical (unpaired) electrons. The Morgan fingerprint density at radius 2 is 1.58 bits per heavy atom. The minimum Gasteiger partial charge on any atom is -0.497 e. The van der Waals surface area contributed by atoms with Crippen LogP contribution in [0.5, 0.6) is 17.2 Å². The van der Waals surface area contributed by atoms with E-state index < -0.39 is 0 Å². The number of piperazine rings is 1. The lowest BCUT2D eigenvalue weighted by molar-refractivity contribution is 0.0544. The van der Waals surface area contributed by atoms with Gasteiger partial charge in [0.1, 0.15) is 5.75 Å². The molecule has 166 valence electrons. The summed E-state index contributed by atoms with van der Waals surface area (Å²) in [6, 6.07) is 13.7. The van der Waals surface area contributed by atoms with E-state index in [-0.39, 0.29) is 18.1 Å². The number of nitrogens with zero attached hydrogens (tertiary/aromatic N) is 2. The number of hydrogen-bond acceptors (Lipinski definition) is 7. The molecule has 2 fully saturated rings. The third-order valence-electron chi connectivity index (χ3n) is 6.07. The quantitative estimate of drug-likeness (QED) is 0.732. The van der Waals surface area contributed by atoms with Crippen LogP contribution >= 0.6 is 0 Å². The Morgan fingerprint density at radius 3 is 2.23 bits per heavy atom. The largest absolute Gasteiger partial charge is 0.497 e. The van der Waals surface area contributed by atoms with Gasteiger partial charge < -0.3 is 19.1 Å². The minimum atomic E-state index is 0.0224. The maximum absolute atomic E-state index is 13.0. The normalized spacial score (nSPS) is 21.7. The smallest absolute Gasteiger partial charge is 0.254 e. The Kier molecular flexibility index (Phi) is 6.60. The van der Waals surface area contributed by atoms with Gasteiger partial charge in [0.25, 0.3) is 5.91 Å². The monoisotopic (exact) mass is 426 g/mol. The van der Waals surface area contributed by atoms with Crippen LogP contribution in [0.4, 0.5) is 0 Å². The summed E-state index contributed by atoms with van der Waals surface area (Å²) < 4.78 is 15.8. The van der Waals surface area contributed by atoms with E-state index >= 15 is 0 Å². The molecule has 8 nitrogen and oxygen atoms in total. The van der Waals surface area contributed by atoms with Gasteiger partial charge in [0.15, 0.2) is 11.5 Å². The summed E-state index contributed by atoms with van der Waals surface area (Å²) in [4.78, 5) is 17.3. The lowest BCUT2D eigenvalue weighted by Crippen LogP contribution is -2.55. The van der Waals surface area contributed by atoms with Gasteiger partial charge in [0.05, 0.1) is 27.5 Å². The van der Waals surface area contributed by atoms with E-state index in [4.69, 9.17) is 14.2 Å². The fourth-order valence-corrected chi connectivity index (χ4v) is 4.22. The van der Waals surface area contributed by atoms with E-state index in [1.54, 1.807) is 39.5 Å². The van der Waals surface area contributed by atoms with Crippen LogP contribution in [0, 0.1) is 0 Å². The van der Waals surface area contributed by atoms with Gasteiger partial charge in [-0.2, -0.15) is 0 Å². The van der Waals surface area contributed by atoms with Crippen molar-refractivity contribution in [3.63, 3.8) is 0 Å². The first-order valence-electron chi connectivity index (χ1n) is 10.5. The first-order chi connectivity index (χ1) is 15.1. The van der Waals surface area contributed by atoms with E-state index in [2.05, 4.69) is 27.9 Å². The second-order valence-electron chi connectivity index (χ2n) is 7.76. The number of carbonyl (C=O) groups is 1. The molecule has 2 unspecified atom stereocenters. The fourth-order valence-electron chi connectivity index (χ4n) is 4.22. The van der Waals surface area contributed by atoms with E-state index in [1.807, 2.05) is 17.0 Å². The van der Waals surface area contributed by atoms with Gasteiger partial charge in [-0.05, 0) is 42.3 Å². The van der Waals surface area contributed by atoms with Crippen molar-refractivity contribution in [3.05, 3.63) is 53.6 Å². The summed E-state index contributed by atoms with van der Waals surface area (Å²) in [5, 5.41) is 0. The Bertz CT molecular complexity index is 897. The zero-order valence-electron chi connectivity index (χ0n) is 18.3. The van der Waals surface area contributed by atoms with Crippen molar-refractivity contribution in [2.24, 2.45) is 0 Å². The Hall–Kier alpha value is -2.81. The highest BCUT2D eigenvalue weighted by Gasteiger charge is 2.32. The molecule has 2 aliphatic rings. The zero-order chi connectivity index (χ0) is 21.8. The SMILES string of the molecule is COc1ccc(C2CC(N3CCN(C(=O)c4ccc(OC)c(OC)c4)CC3)NN2)cc1. The third-order valence-corrected chi connectivity index (χ3v) is 6.07. The first-order valence-corrected chi connectivity index (χ1v) is 10.5. The number of rotatable bonds is 6. The maximum atomic E-state index is 13.0. The van der Waals surface area contributed by atoms with Crippen LogP contribution in [0.2, 0.25) is 0 Å². The van der Waals surface area contributed by atoms with Crippen LogP contribution in [-0.2, 0) is 0 Å². The Morgan fingerprint density at radius 1 is 0.871 bits per heavy atom. The Labute approximate surface area is 183 Å². The number of hydrogen-bond donors (Lipinski definition) is 2. The van der Waals surface area contributed by atoms with Crippen molar-refractivity contribution in [1.29, 1.82) is 0 Å². The predicted molar refractivity (Wildman–Crippen MR) is 117 cm³/mol. The van der Waals surface area contributed by atoms with Gasteiger partial charge in [-0.1, -0.05) is 12.1 Å². The molecule has 0 aliphatic carbocycles. The van der Waals surface area contributed by atoms with Crippen LogP contribution in [0.15, 0.2) is 42.5 Å². The minimum absolute atomic E-state index is 0.0224. The first kappa shape index (κ1) is 21.4. The molecular weight excluding hydrogens is 396 g/mol. The third kappa shape index (κ3) is 4.61. The second-order valence-corrected chi connectivity index (χ2v) is 7.76. The van der Waals surface area contributed by atoms with Crippen LogP contribution in [0.25, 0.3) is 0 Å². The van der Waals surface area contributed by atoms with Gasteiger partial charge in [0.2, 0.25) is 0 Å². The van der Waals surface area contributed by atoms with Gasteiger partial charge in [-0.25, -0.2) is 10.9 Å². The molecule has 2 atom stereocenters. The van der Waals surface area contributed by atoms with Gasteiger partial charge >= 0.3 is 0 Å². The van der Waals surface area contributed by atoms with E-state index in [9.17, 15) is 4.79 Å². The number of hydrazine groups is 1. The molecule has 0 bridgehead atoms. The molecule has 0 aromatic heterocycles. The summed E-state index contributed by atoms with van der Waals surface area (Å²) in [6.45, 7) is 3.04. The lowest BCUT2D eigenvalue weighted by atomic mass is 10.0. The van der Waals surface area contributed by atoms with E-state index in [0.29, 0.717) is 30.2 Å². The summed E-state index contributed by atoms with van der Waals surface area (Å²) >= 11 is 0. The summed E-state index contributed by atoms with van der Waals surface area (Å²) in [6.07, 6.45) is 1.21. The molecule has 2 N–H and O–H groups in total. The molecule has 8 heteroatoms. The summed E-state index contributed by atoms with van der Waals surface area (Å²) in [5.74, 6) is 2.07. The summed E-state index contributed by atoms with van der Waals surface area (Å²) in [7, 11) is 4.84. The van der Waals surface area contributed by atoms with Gasteiger partial charge in [-0.3, -0.25) is 9.69 Å². The van der Waals surface area contributed by atoms with Crippen LogP contribution in [-0.4, -0.2) is 69.4 Å². The number of carbonyl (C=O) groups excluding carboxylic acids is 1. The van der Waals surface area contributed by atoms with Gasteiger partial charge in [0, 0.05) is 37.8 Å². The number of ether oxygens (including phenoxy) is 3. The molecule has 2 aromatic rings. The standard InChI is InChI=1S/C23H30N4O4/c1-29-18-7-4-16(5-8-18)19-15-22(25-24-19)26-10-12-27(13-11-26)23(28)17-6-9-20(30-2)21(14-17)31-3/h4-9,14,19,22,24-25H,10-13,15H2,1-3H3. The highest BCUT2D eigenvalue weighted by molar-refractivity contribution is 5.95. The lowest BCUT2D eigenvalue weighted by Gasteiger charge is -2.37. The van der Waals surface area contributed by atoms with Crippen LogP contribution in [0.3, 0.4) is 0 Å². The van der Waals surface area contributed by atoms with Crippen LogP contribution < -0.4 is 25.1 Å². The molecule has 2 aromatic carbocycles. The molecule has 1 amide bonds. The van der Waals surface area contributed by atoms with Crippen LogP contribution in [0.1, 0.15) is 28.4 Å².